The normalized spacial score (nSPS) is 11.3. The van der Waals surface area contributed by atoms with E-state index in [9.17, 15) is 4.79 Å². The van der Waals surface area contributed by atoms with Gasteiger partial charge in [0.2, 0.25) is 0 Å². The summed E-state index contributed by atoms with van der Waals surface area (Å²) in [7, 11) is 0. The third-order valence-electron chi connectivity index (χ3n) is 4.90. The van der Waals surface area contributed by atoms with Crippen LogP contribution in [0.4, 0.5) is 28.4 Å². The average molecular weight is 414 g/mol. The van der Waals surface area contributed by atoms with Crippen LogP contribution >= 0.6 is 0 Å². The van der Waals surface area contributed by atoms with Gasteiger partial charge in [-0.2, -0.15) is 20.5 Å². The maximum absolute atomic E-state index is 11.7. The van der Waals surface area contributed by atoms with Crippen LogP contribution in [-0.2, 0) is 0 Å². The molecule has 3 aromatic carbocycles. The lowest BCUT2D eigenvalue weighted by Crippen LogP contribution is -2.21. The number of azo groups is 2. The minimum Gasteiger partial charge on any atom is -0.372 e. The largest absolute Gasteiger partial charge is 0.372 e. The molecule has 3 aromatic rings. The van der Waals surface area contributed by atoms with Crippen LogP contribution in [0.25, 0.3) is 0 Å². The highest BCUT2D eigenvalue weighted by Gasteiger charge is 2.02. The molecule has 0 N–H and O–H groups in total. The molecule has 0 saturated carbocycles. The van der Waals surface area contributed by atoms with Crippen LogP contribution in [0.15, 0.2) is 93.3 Å². The van der Waals surface area contributed by atoms with Crippen LogP contribution < -0.4 is 4.90 Å². The molecule has 0 unspecified atom stereocenters. The molecule has 6 heteroatoms. The van der Waals surface area contributed by atoms with Crippen LogP contribution in [-0.4, -0.2) is 18.9 Å². The van der Waals surface area contributed by atoms with Gasteiger partial charge in [-0.25, -0.2) is 0 Å². The van der Waals surface area contributed by atoms with E-state index in [1.807, 2.05) is 43.3 Å². The van der Waals surface area contributed by atoms with Gasteiger partial charge in [0.1, 0.15) is 0 Å². The Morgan fingerprint density at radius 1 is 0.613 bits per heavy atom. The lowest BCUT2D eigenvalue weighted by Gasteiger charge is -2.20. The molecule has 0 radical (unpaired) electrons. The summed E-state index contributed by atoms with van der Waals surface area (Å²) in [4.78, 5) is 14.0. The van der Waals surface area contributed by atoms with Crippen LogP contribution in [0.5, 0.6) is 0 Å². The summed E-state index contributed by atoms with van der Waals surface area (Å²) in [6.07, 6.45) is 0.492. The van der Waals surface area contributed by atoms with Crippen molar-refractivity contribution in [3.05, 3.63) is 78.4 Å². The molecule has 0 saturated heterocycles. The third-order valence-corrected chi connectivity index (χ3v) is 4.90. The molecule has 0 spiro atoms. The zero-order chi connectivity index (χ0) is 22.1. The molecular weight excluding hydrogens is 386 g/mol. The number of hydrogen-bond donors (Lipinski definition) is 0. The molecule has 31 heavy (non-hydrogen) atoms. The zero-order valence-corrected chi connectivity index (χ0v) is 18.2. The molecule has 3 rings (SSSR count). The summed E-state index contributed by atoms with van der Waals surface area (Å²) in [5.74, 6) is 0.119. The lowest BCUT2D eigenvalue weighted by atomic mass is 10.1. The van der Waals surface area contributed by atoms with Crippen molar-refractivity contribution < 1.29 is 4.79 Å². The molecule has 0 amide bonds. The van der Waals surface area contributed by atoms with Crippen LogP contribution in [0.3, 0.4) is 0 Å². The minimum atomic E-state index is 0.119. The van der Waals surface area contributed by atoms with E-state index in [0.717, 1.165) is 30.2 Å². The summed E-state index contributed by atoms with van der Waals surface area (Å²) in [6, 6.07) is 22.6. The van der Waals surface area contributed by atoms with Crippen LogP contribution in [0.1, 0.15) is 37.6 Å². The van der Waals surface area contributed by atoms with Crippen molar-refractivity contribution in [1.82, 2.24) is 0 Å². The molecule has 0 aromatic heterocycles. The topological polar surface area (TPSA) is 69.7 Å². The van der Waals surface area contributed by atoms with Crippen molar-refractivity contribution in [2.75, 3.05) is 18.0 Å². The number of ketones is 1. The van der Waals surface area contributed by atoms with Crippen molar-refractivity contribution in [2.45, 2.75) is 27.2 Å². The molecule has 158 valence electrons. The van der Waals surface area contributed by atoms with Gasteiger partial charge in [0.15, 0.2) is 5.78 Å². The van der Waals surface area contributed by atoms with E-state index in [-0.39, 0.29) is 5.78 Å². The predicted octanol–water partition coefficient (Wildman–Crippen LogP) is 7.96. The van der Waals surface area contributed by atoms with Gasteiger partial charge in [-0.3, -0.25) is 4.79 Å². The second-order valence-corrected chi connectivity index (χ2v) is 6.93. The Labute approximate surface area is 183 Å². The number of carbonyl (C=O) groups is 1. The molecular formula is C25H27N5O. The van der Waals surface area contributed by atoms with Gasteiger partial charge in [0.25, 0.3) is 0 Å². The lowest BCUT2D eigenvalue weighted by molar-refractivity contribution is 0.0988. The highest BCUT2D eigenvalue weighted by Crippen LogP contribution is 2.25. The summed E-state index contributed by atoms with van der Waals surface area (Å²) in [6.45, 7) is 8.09. The number of nitrogens with zero attached hydrogens (tertiary/aromatic N) is 5. The number of hydrogen-bond acceptors (Lipinski definition) is 6. The molecule has 0 heterocycles. The van der Waals surface area contributed by atoms with Gasteiger partial charge in [0.05, 0.1) is 22.7 Å². The Morgan fingerprint density at radius 3 is 1.32 bits per heavy atom. The van der Waals surface area contributed by atoms with E-state index in [4.69, 9.17) is 0 Å². The van der Waals surface area contributed by atoms with Crippen LogP contribution in [0.2, 0.25) is 0 Å². The van der Waals surface area contributed by atoms with E-state index < -0.39 is 0 Å². The molecule has 0 fully saturated rings. The number of rotatable bonds is 9. The first-order chi connectivity index (χ1) is 15.1. The fraction of sp³-hybridized carbons (Fsp3) is 0.240. The summed E-state index contributed by atoms with van der Waals surface area (Å²) < 4.78 is 0. The monoisotopic (exact) mass is 413 g/mol. The standard InChI is InChI=1S/C25H27N5O/c1-4-25(31)19-7-9-20(10-8-19)26-27-21-11-13-22(14-12-21)28-29-23-15-17-24(18-16-23)30(5-2)6-3/h7-18H,4-6H2,1-3H3. The second kappa shape index (κ2) is 10.9. The quantitative estimate of drug-likeness (QED) is 0.264. The summed E-state index contributed by atoms with van der Waals surface area (Å²) in [5.41, 5.74) is 4.85. The van der Waals surface area contributed by atoms with Gasteiger partial charge in [-0.15, -0.1) is 0 Å². The Kier molecular flexibility index (Phi) is 7.76. The number of anilines is 1. The fourth-order valence-electron chi connectivity index (χ4n) is 3.05. The van der Waals surface area contributed by atoms with E-state index in [1.165, 1.54) is 5.69 Å². The molecule has 0 atom stereocenters. The molecule has 0 aliphatic rings. The van der Waals surface area contributed by atoms with Gasteiger partial charge < -0.3 is 4.90 Å². The number of benzene rings is 3. The van der Waals surface area contributed by atoms with E-state index >= 15 is 0 Å². The van der Waals surface area contributed by atoms with Crippen molar-refractivity contribution >= 4 is 34.2 Å². The Bertz CT molecular complexity index is 1030. The maximum atomic E-state index is 11.7. The van der Waals surface area contributed by atoms with Gasteiger partial charge >= 0.3 is 0 Å². The highest BCUT2D eigenvalue weighted by atomic mass is 16.1. The molecule has 6 nitrogen and oxygen atoms in total. The minimum absolute atomic E-state index is 0.119. The first-order valence-corrected chi connectivity index (χ1v) is 10.5. The van der Waals surface area contributed by atoms with Crippen molar-refractivity contribution in [3.63, 3.8) is 0 Å². The maximum Gasteiger partial charge on any atom is 0.162 e. The predicted molar refractivity (Wildman–Crippen MR) is 126 cm³/mol. The second-order valence-electron chi connectivity index (χ2n) is 6.93. The Hall–Kier alpha value is -3.67. The number of Topliss-reactive ketones (excluding diaryl/α,β-unsaturated/α-hetero) is 1. The summed E-state index contributed by atoms with van der Waals surface area (Å²) in [5, 5.41) is 17.1. The zero-order valence-electron chi connectivity index (χ0n) is 18.2. The molecule has 0 aliphatic heterocycles. The van der Waals surface area contributed by atoms with Crippen molar-refractivity contribution in [2.24, 2.45) is 20.5 Å². The SMILES string of the molecule is CCC(=O)c1ccc(N=Nc2ccc(N=Nc3ccc(N(CC)CC)cc3)cc2)cc1. The van der Waals surface area contributed by atoms with E-state index in [2.05, 4.69) is 51.3 Å². The highest BCUT2D eigenvalue weighted by molar-refractivity contribution is 5.96. The van der Waals surface area contributed by atoms with E-state index in [0.29, 0.717) is 17.7 Å². The van der Waals surface area contributed by atoms with Crippen LogP contribution in [0, 0.1) is 0 Å². The Balaban J connectivity index is 1.61. The first kappa shape index (κ1) is 22.0. The average Bonchev–Trinajstić information content (AvgIpc) is 2.83. The molecule has 0 aliphatic carbocycles. The Morgan fingerprint density at radius 2 is 0.968 bits per heavy atom. The fourth-order valence-corrected chi connectivity index (χ4v) is 3.05. The van der Waals surface area contributed by atoms with Gasteiger partial charge in [0, 0.05) is 30.8 Å². The van der Waals surface area contributed by atoms with Crippen molar-refractivity contribution in [3.8, 4) is 0 Å². The summed E-state index contributed by atoms with van der Waals surface area (Å²) >= 11 is 0. The van der Waals surface area contributed by atoms with Gasteiger partial charge in [-0.1, -0.05) is 6.92 Å². The first-order valence-electron chi connectivity index (χ1n) is 10.5. The third kappa shape index (κ3) is 6.15. The number of carbonyl (C=O) groups excluding carboxylic acids is 1. The van der Waals surface area contributed by atoms with E-state index in [1.54, 1.807) is 24.3 Å². The molecule has 0 bridgehead atoms. The van der Waals surface area contributed by atoms with Gasteiger partial charge in [-0.05, 0) is 86.6 Å². The van der Waals surface area contributed by atoms with Crippen molar-refractivity contribution in [1.29, 1.82) is 0 Å². The smallest absolute Gasteiger partial charge is 0.162 e.